The van der Waals surface area contributed by atoms with E-state index in [1.165, 1.54) is 16.6 Å². The third-order valence-corrected chi connectivity index (χ3v) is 5.07. The van der Waals surface area contributed by atoms with E-state index in [4.69, 9.17) is 0 Å². The molecule has 0 radical (unpaired) electrons. The van der Waals surface area contributed by atoms with Crippen molar-refractivity contribution < 1.29 is 0 Å². The van der Waals surface area contributed by atoms with Crippen molar-refractivity contribution in [2.24, 2.45) is 0 Å². The first-order valence-corrected chi connectivity index (χ1v) is 8.45. The molecule has 1 aromatic carbocycles. The molecule has 5 nitrogen and oxygen atoms in total. The second-order valence-corrected chi connectivity index (χ2v) is 6.49. The van der Waals surface area contributed by atoms with Crippen molar-refractivity contribution in [3.63, 3.8) is 0 Å². The quantitative estimate of drug-likeness (QED) is 0.928. The fourth-order valence-corrected chi connectivity index (χ4v) is 3.91. The van der Waals surface area contributed by atoms with Gasteiger partial charge in [0, 0.05) is 24.3 Å². The summed E-state index contributed by atoms with van der Waals surface area (Å²) >= 11 is 0. The van der Waals surface area contributed by atoms with Crippen molar-refractivity contribution in [1.82, 2.24) is 9.55 Å². The lowest BCUT2D eigenvalue weighted by Gasteiger charge is -2.24. The van der Waals surface area contributed by atoms with Gasteiger partial charge in [0.1, 0.15) is 5.82 Å². The SMILES string of the molecule is O=c1cc(N2CCc3ccccc32)[nH]c(=O)n1C1CCCCC1. The Bertz CT molecular complexity index is 799. The highest BCUT2D eigenvalue weighted by molar-refractivity contribution is 5.67. The largest absolute Gasteiger partial charge is 0.330 e. The van der Waals surface area contributed by atoms with E-state index in [9.17, 15) is 9.59 Å². The fraction of sp³-hybridized carbons (Fsp3) is 0.444. The van der Waals surface area contributed by atoms with E-state index in [2.05, 4.69) is 11.1 Å². The Hall–Kier alpha value is -2.30. The summed E-state index contributed by atoms with van der Waals surface area (Å²) in [5.74, 6) is 0.608. The van der Waals surface area contributed by atoms with E-state index >= 15 is 0 Å². The van der Waals surface area contributed by atoms with Crippen molar-refractivity contribution in [3.8, 4) is 0 Å². The van der Waals surface area contributed by atoms with Crippen LogP contribution in [-0.4, -0.2) is 16.1 Å². The Morgan fingerprint density at radius 2 is 1.83 bits per heavy atom. The normalized spacial score (nSPS) is 18.2. The summed E-state index contributed by atoms with van der Waals surface area (Å²) in [4.78, 5) is 30.0. The smallest absolute Gasteiger partial charge is 0.327 e. The lowest BCUT2D eigenvalue weighted by Crippen LogP contribution is -2.39. The van der Waals surface area contributed by atoms with Gasteiger partial charge in [-0.05, 0) is 30.9 Å². The fourth-order valence-electron chi connectivity index (χ4n) is 3.91. The second-order valence-electron chi connectivity index (χ2n) is 6.49. The van der Waals surface area contributed by atoms with Gasteiger partial charge < -0.3 is 4.90 Å². The first-order chi connectivity index (χ1) is 11.2. The summed E-state index contributed by atoms with van der Waals surface area (Å²) in [7, 11) is 0. The molecule has 5 heteroatoms. The molecule has 0 amide bonds. The van der Waals surface area contributed by atoms with Gasteiger partial charge in [0.25, 0.3) is 5.56 Å². The molecule has 120 valence electrons. The molecule has 0 unspecified atom stereocenters. The number of anilines is 2. The highest BCUT2D eigenvalue weighted by Gasteiger charge is 2.23. The molecule has 0 atom stereocenters. The number of para-hydroxylation sites is 1. The molecule has 1 saturated carbocycles. The maximum Gasteiger partial charge on any atom is 0.330 e. The van der Waals surface area contributed by atoms with Gasteiger partial charge in [-0.25, -0.2) is 4.79 Å². The van der Waals surface area contributed by atoms with Gasteiger partial charge in [0.15, 0.2) is 0 Å². The number of benzene rings is 1. The van der Waals surface area contributed by atoms with Crippen LogP contribution in [0.15, 0.2) is 39.9 Å². The molecule has 23 heavy (non-hydrogen) atoms. The first kappa shape index (κ1) is 14.3. The van der Waals surface area contributed by atoms with Crippen molar-refractivity contribution in [3.05, 3.63) is 56.7 Å². The van der Waals surface area contributed by atoms with Gasteiger partial charge in [-0.1, -0.05) is 37.5 Å². The maximum absolute atomic E-state index is 12.5. The number of hydrogen-bond acceptors (Lipinski definition) is 3. The number of rotatable bonds is 2. The van der Waals surface area contributed by atoms with Gasteiger partial charge in [0.2, 0.25) is 0 Å². The Kier molecular flexibility index (Phi) is 3.56. The second kappa shape index (κ2) is 5.72. The van der Waals surface area contributed by atoms with Crippen molar-refractivity contribution in [1.29, 1.82) is 0 Å². The highest BCUT2D eigenvalue weighted by Crippen LogP contribution is 2.32. The Labute approximate surface area is 134 Å². The number of H-pyrrole nitrogens is 1. The van der Waals surface area contributed by atoms with Crippen molar-refractivity contribution in [2.75, 3.05) is 11.4 Å². The van der Waals surface area contributed by atoms with E-state index in [-0.39, 0.29) is 17.3 Å². The molecule has 1 aliphatic carbocycles. The van der Waals surface area contributed by atoms with Crippen LogP contribution in [0.3, 0.4) is 0 Å². The molecular formula is C18H21N3O2. The monoisotopic (exact) mass is 311 g/mol. The molecule has 0 bridgehead atoms. The third kappa shape index (κ3) is 2.50. The maximum atomic E-state index is 12.5. The van der Waals surface area contributed by atoms with Gasteiger partial charge in [-0.2, -0.15) is 0 Å². The van der Waals surface area contributed by atoms with Crippen LogP contribution in [0.5, 0.6) is 0 Å². The topological polar surface area (TPSA) is 58.1 Å². The van der Waals surface area contributed by atoms with Crippen LogP contribution < -0.4 is 16.1 Å². The van der Waals surface area contributed by atoms with Crippen LogP contribution in [0.25, 0.3) is 0 Å². The molecule has 4 rings (SSSR count). The van der Waals surface area contributed by atoms with Gasteiger partial charge in [-0.3, -0.25) is 14.3 Å². The summed E-state index contributed by atoms with van der Waals surface area (Å²) in [6, 6.07) is 9.77. The van der Waals surface area contributed by atoms with Crippen LogP contribution >= 0.6 is 0 Å². The zero-order valence-electron chi connectivity index (χ0n) is 13.1. The standard InChI is InChI=1S/C18H21N3O2/c22-17-12-16(20-11-10-13-6-4-5-9-15(13)20)19-18(23)21(17)14-7-2-1-3-8-14/h4-6,9,12,14H,1-3,7-8,10-11H2,(H,19,23). The predicted octanol–water partition coefficient (Wildman–Crippen LogP) is 2.74. The number of hydrogen-bond donors (Lipinski definition) is 1. The minimum Gasteiger partial charge on any atom is -0.327 e. The minimum absolute atomic E-state index is 0.0555. The third-order valence-electron chi connectivity index (χ3n) is 5.07. The number of aromatic nitrogens is 2. The van der Waals surface area contributed by atoms with E-state index in [0.717, 1.165) is 44.3 Å². The van der Waals surface area contributed by atoms with Gasteiger partial charge in [-0.15, -0.1) is 0 Å². The molecule has 1 aliphatic heterocycles. The molecule has 1 N–H and O–H groups in total. The first-order valence-electron chi connectivity index (χ1n) is 8.45. The zero-order valence-corrected chi connectivity index (χ0v) is 13.1. The van der Waals surface area contributed by atoms with Crippen LogP contribution in [0, 0.1) is 0 Å². The lowest BCUT2D eigenvalue weighted by molar-refractivity contribution is 0.336. The van der Waals surface area contributed by atoms with Crippen LogP contribution in [0.2, 0.25) is 0 Å². The Morgan fingerprint density at radius 1 is 1.04 bits per heavy atom. The lowest BCUT2D eigenvalue weighted by atomic mass is 9.95. The molecule has 2 aliphatic rings. The molecule has 2 heterocycles. The molecule has 1 fully saturated rings. The average Bonchev–Trinajstić information content (AvgIpc) is 2.99. The number of nitrogens with zero attached hydrogens (tertiary/aromatic N) is 2. The minimum atomic E-state index is -0.274. The number of aromatic amines is 1. The van der Waals surface area contributed by atoms with Gasteiger partial charge >= 0.3 is 5.69 Å². The zero-order chi connectivity index (χ0) is 15.8. The Balaban J connectivity index is 1.72. The summed E-state index contributed by atoms with van der Waals surface area (Å²) in [6.07, 6.45) is 6.18. The molecule has 2 aromatic rings. The summed E-state index contributed by atoms with van der Waals surface area (Å²) in [5, 5.41) is 0. The summed E-state index contributed by atoms with van der Waals surface area (Å²) < 4.78 is 1.42. The van der Waals surface area contributed by atoms with Gasteiger partial charge in [0.05, 0.1) is 0 Å². The van der Waals surface area contributed by atoms with Crippen molar-refractivity contribution >= 4 is 11.5 Å². The molecule has 0 saturated heterocycles. The van der Waals surface area contributed by atoms with Crippen molar-refractivity contribution in [2.45, 2.75) is 44.6 Å². The van der Waals surface area contributed by atoms with E-state index in [0.29, 0.717) is 5.82 Å². The summed E-state index contributed by atoms with van der Waals surface area (Å²) in [5.41, 5.74) is 1.88. The van der Waals surface area contributed by atoms with E-state index < -0.39 is 0 Å². The van der Waals surface area contributed by atoms with Crippen LogP contribution in [-0.2, 0) is 6.42 Å². The molecule has 1 aromatic heterocycles. The summed E-state index contributed by atoms with van der Waals surface area (Å²) in [6.45, 7) is 0.794. The molecular weight excluding hydrogens is 290 g/mol. The van der Waals surface area contributed by atoms with Crippen LogP contribution in [0.1, 0.15) is 43.7 Å². The predicted molar refractivity (Wildman–Crippen MR) is 90.6 cm³/mol. The van der Waals surface area contributed by atoms with E-state index in [1.54, 1.807) is 6.07 Å². The number of fused-ring (bicyclic) bond motifs is 1. The Morgan fingerprint density at radius 3 is 2.61 bits per heavy atom. The van der Waals surface area contributed by atoms with E-state index in [1.807, 2.05) is 23.1 Å². The number of nitrogens with one attached hydrogen (secondary N) is 1. The molecule has 0 spiro atoms. The average molecular weight is 311 g/mol. The highest BCUT2D eigenvalue weighted by atomic mass is 16.2. The van der Waals surface area contributed by atoms with Crippen LogP contribution in [0.4, 0.5) is 11.5 Å².